The van der Waals surface area contributed by atoms with Crippen molar-refractivity contribution in [1.29, 1.82) is 0 Å². The highest BCUT2D eigenvalue weighted by Crippen LogP contribution is 2.17. The summed E-state index contributed by atoms with van der Waals surface area (Å²) in [6, 6.07) is 0.910. The van der Waals surface area contributed by atoms with Crippen LogP contribution in [0.2, 0.25) is 6.04 Å². The molecule has 0 fully saturated rings. The molecule has 0 spiro atoms. The Balaban J connectivity index is 3.60. The van der Waals surface area contributed by atoms with Crippen LogP contribution >= 0.6 is 0 Å². The molecule has 0 aromatic heterocycles. The lowest BCUT2D eigenvalue weighted by Gasteiger charge is -2.28. The summed E-state index contributed by atoms with van der Waals surface area (Å²) in [6.45, 7) is 12.5. The second-order valence-corrected chi connectivity index (χ2v) is 9.04. The second-order valence-electron chi connectivity index (χ2n) is 6.31. The molecular formula is C19H43NO3Si. The van der Waals surface area contributed by atoms with E-state index in [1.807, 2.05) is 20.8 Å². The molecule has 0 unspecified atom stereocenters. The summed E-state index contributed by atoms with van der Waals surface area (Å²) in [5.41, 5.74) is 0. The minimum absolute atomic E-state index is 0.665. The molecule has 146 valence electrons. The van der Waals surface area contributed by atoms with Crippen molar-refractivity contribution in [1.82, 2.24) is 5.32 Å². The maximum Gasteiger partial charge on any atom is 0.500 e. The van der Waals surface area contributed by atoms with Crippen LogP contribution in [0, 0.1) is 0 Å². The van der Waals surface area contributed by atoms with Crippen LogP contribution in [0.3, 0.4) is 0 Å². The van der Waals surface area contributed by atoms with Gasteiger partial charge in [-0.05, 0) is 46.7 Å². The van der Waals surface area contributed by atoms with Gasteiger partial charge in [-0.15, -0.1) is 0 Å². The average Bonchev–Trinajstić information content (AvgIpc) is 2.56. The molecule has 0 amide bonds. The first kappa shape index (κ1) is 24.1. The molecule has 0 saturated heterocycles. The lowest BCUT2D eigenvalue weighted by molar-refractivity contribution is 0.0708. The van der Waals surface area contributed by atoms with E-state index in [0.29, 0.717) is 19.8 Å². The van der Waals surface area contributed by atoms with E-state index in [-0.39, 0.29) is 0 Å². The minimum atomic E-state index is -2.43. The Kier molecular flexibility index (Phi) is 17.9. The lowest BCUT2D eigenvalue weighted by Crippen LogP contribution is -2.46. The Labute approximate surface area is 152 Å². The van der Waals surface area contributed by atoms with Crippen LogP contribution in [0.15, 0.2) is 0 Å². The SMILES string of the molecule is CCCCCCCCCCNCCC[Si](OCC)(OCC)OCC. The van der Waals surface area contributed by atoms with E-state index in [9.17, 15) is 0 Å². The van der Waals surface area contributed by atoms with Gasteiger partial charge >= 0.3 is 8.80 Å². The third-order valence-electron chi connectivity index (χ3n) is 4.14. The number of unbranched alkanes of at least 4 members (excludes halogenated alkanes) is 7. The average molecular weight is 362 g/mol. The van der Waals surface area contributed by atoms with E-state index in [0.717, 1.165) is 25.6 Å². The van der Waals surface area contributed by atoms with E-state index in [2.05, 4.69) is 12.2 Å². The predicted molar refractivity (Wildman–Crippen MR) is 106 cm³/mol. The van der Waals surface area contributed by atoms with E-state index in [1.165, 1.54) is 51.4 Å². The van der Waals surface area contributed by atoms with E-state index >= 15 is 0 Å². The molecule has 0 rings (SSSR count). The minimum Gasteiger partial charge on any atom is -0.374 e. The number of hydrogen-bond acceptors (Lipinski definition) is 4. The van der Waals surface area contributed by atoms with Gasteiger partial charge in [0.15, 0.2) is 0 Å². The molecule has 0 aliphatic heterocycles. The zero-order valence-corrected chi connectivity index (χ0v) is 17.8. The number of hydrogen-bond donors (Lipinski definition) is 1. The number of nitrogens with one attached hydrogen (secondary N) is 1. The predicted octanol–water partition coefficient (Wildman–Crippen LogP) is 5.16. The maximum absolute atomic E-state index is 5.88. The Morgan fingerprint density at radius 1 is 0.583 bits per heavy atom. The Hall–Kier alpha value is 0.0569. The van der Waals surface area contributed by atoms with Gasteiger partial charge in [-0.1, -0.05) is 51.9 Å². The molecule has 24 heavy (non-hydrogen) atoms. The van der Waals surface area contributed by atoms with Crippen molar-refractivity contribution in [2.75, 3.05) is 32.9 Å². The van der Waals surface area contributed by atoms with Gasteiger partial charge in [-0.25, -0.2) is 0 Å². The standard InChI is InChI=1S/C19H43NO3Si/c1-5-9-10-11-12-13-14-15-17-20-18-16-19-24(21-6-2,22-7-3)23-8-4/h20H,5-19H2,1-4H3. The highest BCUT2D eigenvalue weighted by molar-refractivity contribution is 6.60. The summed E-state index contributed by atoms with van der Waals surface area (Å²) in [4.78, 5) is 0. The van der Waals surface area contributed by atoms with Gasteiger partial charge in [0.1, 0.15) is 0 Å². The molecule has 0 heterocycles. The normalized spacial score (nSPS) is 12.0. The third kappa shape index (κ3) is 13.4. The van der Waals surface area contributed by atoms with Gasteiger partial charge in [0.2, 0.25) is 0 Å². The van der Waals surface area contributed by atoms with Crippen LogP contribution in [-0.4, -0.2) is 41.7 Å². The van der Waals surface area contributed by atoms with Crippen molar-refractivity contribution in [2.24, 2.45) is 0 Å². The van der Waals surface area contributed by atoms with Crippen LogP contribution in [0.25, 0.3) is 0 Å². The molecule has 0 aromatic carbocycles. The smallest absolute Gasteiger partial charge is 0.374 e. The maximum atomic E-state index is 5.88. The first-order valence-corrected chi connectivity index (χ1v) is 12.3. The first-order chi connectivity index (χ1) is 11.7. The summed E-state index contributed by atoms with van der Waals surface area (Å²) < 4.78 is 17.6. The summed E-state index contributed by atoms with van der Waals surface area (Å²) in [6.07, 6.45) is 12.1. The molecule has 0 aliphatic rings. The van der Waals surface area contributed by atoms with E-state index < -0.39 is 8.80 Å². The van der Waals surface area contributed by atoms with Gasteiger partial charge in [0.25, 0.3) is 0 Å². The molecule has 5 heteroatoms. The fourth-order valence-electron chi connectivity index (χ4n) is 2.94. The van der Waals surface area contributed by atoms with Crippen LogP contribution in [0.5, 0.6) is 0 Å². The molecular weight excluding hydrogens is 318 g/mol. The molecule has 0 saturated carbocycles. The van der Waals surface area contributed by atoms with Crippen molar-refractivity contribution < 1.29 is 13.3 Å². The highest BCUT2D eigenvalue weighted by atomic mass is 28.4. The van der Waals surface area contributed by atoms with Gasteiger partial charge in [0, 0.05) is 25.9 Å². The van der Waals surface area contributed by atoms with E-state index in [1.54, 1.807) is 0 Å². The summed E-state index contributed by atoms with van der Waals surface area (Å²) >= 11 is 0. The van der Waals surface area contributed by atoms with Crippen LogP contribution < -0.4 is 5.32 Å². The Bertz CT molecular complexity index is 238. The van der Waals surface area contributed by atoms with Gasteiger partial charge in [-0.2, -0.15) is 0 Å². The Morgan fingerprint density at radius 2 is 1.04 bits per heavy atom. The monoisotopic (exact) mass is 361 g/mol. The summed E-state index contributed by atoms with van der Waals surface area (Å²) in [5.74, 6) is 0. The van der Waals surface area contributed by atoms with Crippen LogP contribution in [0.4, 0.5) is 0 Å². The quantitative estimate of drug-likeness (QED) is 0.255. The fraction of sp³-hybridized carbons (Fsp3) is 1.00. The zero-order chi connectivity index (χ0) is 17.9. The molecule has 4 nitrogen and oxygen atoms in total. The lowest BCUT2D eigenvalue weighted by atomic mass is 10.1. The van der Waals surface area contributed by atoms with E-state index in [4.69, 9.17) is 13.3 Å². The van der Waals surface area contributed by atoms with Crippen molar-refractivity contribution in [2.45, 2.75) is 91.5 Å². The van der Waals surface area contributed by atoms with Crippen molar-refractivity contribution in [3.63, 3.8) is 0 Å². The summed E-state index contributed by atoms with van der Waals surface area (Å²) in [7, 11) is -2.43. The van der Waals surface area contributed by atoms with Crippen LogP contribution in [0.1, 0.15) is 85.5 Å². The van der Waals surface area contributed by atoms with Crippen LogP contribution in [-0.2, 0) is 13.3 Å². The molecule has 1 N–H and O–H groups in total. The first-order valence-electron chi connectivity index (χ1n) is 10.4. The van der Waals surface area contributed by atoms with Crippen molar-refractivity contribution in [3.05, 3.63) is 0 Å². The highest BCUT2D eigenvalue weighted by Gasteiger charge is 2.39. The van der Waals surface area contributed by atoms with Crippen molar-refractivity contribution in [3.8, 4) is 0 Å². The number of rotatable bonds is 19. The summed E-state index contributed by atoms with van der Waals surface area (Å²) in [5, 5.41) is 3.55. The van der Waals surface area contributed by atoms with Crippen molar-refractivity contribution >= 4 is 8.80 Å². The molecule has 0 atom stereocenters. The fourth-order valence-corrected chi connectivity index (χ4v) is 5.55. The largest absolute Gasteiger partial charge is 0.500 e. The third-order valence-corrected chi connectivity index (χ3v) is 7.29. The Morgan fingerprint density at radius 3 is 1.54 bits per heavy atom. The van der Waals surface area contributed by atoms with Gasteiger partial charge < -0.3 is 18.6 Å². The molecule has 0 aliphatic carbocycles. The van der Waals surface area contributed by atoms with Gasteiger partial charge in [-0.3, -0.25) is 0 Å². The topological polar surface area (TPSA) is 39.7 Å². The molecule has 0 aromatic rings. The zero-order valence-electron chi connectivity index (χ0n) is 16.8. The molecule has 0 bridgehead atoms. The molecule has 0 radical (unpaired) electrons. The second kappa shape index (κ2) is 17.9. The van der Waals surface area contributed by atoms with Gasteiger partial charge in [0.05, 0.1) is 0 Å².